The van der Waals surface area contributed by atoms with Crippen LogP contribution in [0.3, 0.4) is 0 Å². The molecule has 2 fully saturated rings. The highest BCUT2D eigenvalue weighted by molar-refractivity contribution is 7.92. The van der Waals surface area contributed by atoms with Crippen molar-refractivity contribution in [2.24, 2.45) is 5.92 Å². The van der Waals surface area contributed by atoms with Gasteiger partial charge in [-0.05, 0) is 49.8 Å². The number of carbonyl (C=O) groups is 1. The molecule has 2 N–H and O–H groups in total. The highest BCUT2D eigenvalue weighted by Gasteiger charge is 2.30. The molecule has 1 amide bonds. The Morgan fingerprint density at radius 3 is 2.50 bits per heavy atom. The van der Waals surface area contributed by atoms with Gasteiger partial charge in [-0.15, -0.1) is 0 Å². The predicted octanol–water partition coefficient (Wildman–Crippen LogP) is 3.45. The van der Waals surface area contributed by atoms with Crippen LogP contribution in [0, 0.1) is 17.2 Å². The molecule has 0 aliphatic heterocycles. The normalized spacial score (nSPS) is 18.0. The summed E-state index contributed by atoms with van der Waals surface area (Å²) in [4.78, 5) is 16.7. The lowest BCUT2D eigenvalue weighted by molar-refractivity contribution is 0.0931. The summed E-state index contributed by atoms with van der Waals surface area (Å²) < 4.78 is 26.1. The van der Waals surface area contributed by atoms with E-state index in [0.29, 0.717) is 25.3 Å². The van der Waals surface area contributed by atoms with Crippen molar-refractivity contribution in [3.05, 3.63) is 29.6 Å². The lowest BCUT2D eigenvalue weighted by Gasteiger charge is -2.25. The van der Waals surface area contributed by atoms with E-state index in [-0.39, 0.29) is 32.8 Å². The van der Waals surface area contributed by atoms with Crippen LogP contribution in [0.4, 0.5) is 0 Å². The molecule has 7 nitrogen and oxygen atoms in total. The molecule has 0 bridgehead atoms. The first kappa shape index (κ1) is 20.6. The van der Waals surface area contributed by atoms with Gasteiger partial charge in [0.25, 0.3) is 5.91 Å². The Kier molecular flexibility index (Phi) is 5.65. The number of nitrogens with zero attached hydrogens (tertiary/aromatic N) is 2. The summed E-state index contributed by atoms with van der Waals surface area (Å²) in [7, 11) is -3.53. The first-order valence-corrected chi connectivity index (χ1v) is 12.1. The maximum atomic E-state index is 13.0. The highest BCUT2D eigenvalue weighted by atomic mass is 32.2. The molecular formula is C22H25N3O4S. The molecule has 8 heteroatoms. The first-order valence-electron chi connectivity index (χ1n) is 10.5. The van der Waals surface area contributed by atoms with Gasteiger partial charge in [0.05, 0.1) is 10.1 Å². The Labute approximate surface area is 176 Å². The van der Waals surface area contributed by atoms with E-state index in [1.54, 1.807) is 0 Å². The first-order chi connectivity index (χ1) is 14.4. The van der Waals surface area contributed by atoms with Gasteiger partial charge in [-0.2, -0.15) is 5.26 Å². The Balaban J connectivity index is 1.70. The smallest absolute Gasteiger partial charge is 0.273 e. The molecule has 30 heavy (non-hydrogen) atoms. The highest BCUT2D eigenvalue weighted by Crippen LogP contribution is 2.34. The van der Waals surface area contributed by atoms with Crippen LogP contribution >= 0.6 is 0 Å². The second kappa shape index (κ2) is 8.23. The summed E-state index contributed by atoms with van der Waals surface area (Å²) in [6.45, 7) is 0.512. The third-order valence-electron chi connectivity index (χ3n) is 6.37. The third kappa shape index (κ3) is 3.74. The number of benzene rings is 1. The molecule has 0 radical (unpaired) electrons. The molecule has 2 aromatic rings. The van der Waals surface area contributed by atoms with E-state index in [2.05, 4.69) is 10.3 Å². The van der Waals surface area contributed by atoms with Crippen LogP contribution in [0.2, 0.25) is 0 Å². The van der Waals surface area contributed by atoms with Gasteiger partial charge in [0.15, 0.2) is 21.3 Å². The van der Waals surface area contributed by atoms with Crippen LogP contribution in [-0.4, -0.2) is 36.2 Å². The quantitative estimate of drug-likeness (QED) is 0.754. The van der Waals surface area contributed by atoms with Crippen molar-refractivity contribution >= 4 is 26.5 Å². The molecule has 2 aliphatic carbocycles. The number of amides is 1. The van der Waals surface area contributed by atoms with E-state index in [9.17, 15) is 23.6 Å². The molecule has 0 atom stereocenters. The van der Waals surface area contributed by atoms with Crippen LogP contribution < -0.4 is 5.32 Å². The second-order valence-corrected chi connectivity index (χ2v) is 10.5. The Morgan fingerprint density at radius 1 is 1.13 bits per heavy atom. The minimum Gasteiger partial charge on any atom is -0.505 e. The van der Waals surface area contributed by atoms with Gasteiger partial charge in [-0.25, -0.2) is 13.4 Å². The largest absolute Gasteiger partial charge is 0.505 e. The van der Waals surface area contributed by atoms with Gasteiger partial charge >= 0.3 is 0 Å². The number of pyridine rings is 1. The molecule has 2 saturated carbocycles. The zero-order chi connectivity index (χ0) is 21.3. The summed E-state index contributed by atoms with van der Waals surface area (Å²) in [5, 5.41) is 23.0. The molecule has 1 aromatic carbocycles. The number of rotatable bonds is 5. The fourth-order valence-electron chi connectivity index (χ4n) is 4.28. The zero-order valence-corrected chi connectivity index (χ0v) is 17.5. The van der Waals surface area contributed by atoms with Gasteiger partial charge in [0.2, 0.25) is 0 Å². The lowest BCUT2D eigenvalue weighted by Crippen LogP contribution is -2.32. The van der Waals surface area contributed by atoms with E-state index in [1.165, 1.54) is 18.2 Å². The van der Waals surface area contributed by atoms with Gasteiger partial charge in [-0.1, -0.05) is 25.7 Å². The molecule has 1 aromatic heterocycles. The molecule has 158 valence electrons. The average molecular weight is 428 g/mol. The van der Waals surface area contributed by atoms with Gasteiger partial charge in [0, 0.05) is 17.3 Å². The van der Waals surface area contributed by atoms with Crippen LogP contribution in [-0.2, 0) is 9.84 Å². The summed E-state index contributed by atoms with van der Waals surface area (Å²) in [6, 6.07) is 6.26. The zero-order valence-electron chi connectivity index (χ0n) is 16.7. The molecule has 0 saturated heterocycles. The minimum absolute atomic E-state index is 0.0720. The number of hydrogen-bond acceptors (Lipinski definition) is 6. The van der Waals surface area contributed by atoms with E-state index in [1.807, 2.05) is 6.07 Å². The van der Waals surface area contributed by atoms with E-state index in [4.69, 9.17) is 0 Å². The number of nitrogens with one attached hydrogen (secondary N) is 1. The van der Waals surface area contributed by atoms with Gasteiger partial charge in [0.1, 0.15) is 11.8 Å². The van der Waals surface area contributed by atoms with Crippen molar-refractivity contribution < 1.29 is 18.3 Å². The van der Waals surface area contributed by atoms with Crippen molar-refractivity contribution in [1.82, 2.24) is 10.3 Å². The lowest BCUT2D eigenvalue weighted by atomic mass is 9.85. The number of sulfone groups is 1. The topological polar surface area (TPSA) is 120 Å². The van der Waals surface area contributed by atoms with Crippen molar-refractivity contribution in [2.75, 3.05) is 6.54 Å². The van der Waals surface area contributed by atoms with Gasteiger partial charge < -0.3 is 10.4 Å². The summed E-state index contributed by atoms with van der Waals surface area (Å²) in [5.41, 5.74) is -0.279. The number of aromatic nitrogens is 1. The number of carbonyl (C=O) groups excluding carboxylic acids is 1. The van der Waals surface area contributed by atoms with Crippen molar-refractivity contribution in [2.45, 2.75) is 61.5 Å². The van der Waals surface area contributed by atoms with E-state index >= 15 is 0 Å². The van der Waals surface area contributed by atoms with Crippen LogP contribution in [0.15, 0.2) is 23.1 Å². The fourth-order valence-corrected chi connectivity index (χ4v) is 6.16. The SMILES string of the molecule is N#Cc1nc(C(=O)NCC2CCC2)c(O)c2ccc(S(=O)(=O)C3CCCCC3)cc12. The Morgan fingerprint density at radius 2 is 1.87 bits per heavy atom. The summed E-state index contributed by atoms with van der Waals surface area (Å²) in [5.74, 6) is -0.423. The maximum Gasteiger partial charge on any atom is 0.273 e. The standard InChI is InChI=1S/C22H25N3O4S/c23-12-19-18-11-16(30(28,29)15-7-2-1-3-8-15)9-10-17(18)21(26)20(25-19)22(27)24-13-14-5-4-6-14/h9-11,14-15,26H,1-8,13H2,(H,24,27). The monoisotopic (exact) mass is 427 g/mol. The fraction of sp³-hybridized carbons (Fsp3) is 0.500. The number of fused-ring (bicyclic) bond motifs is 1. The van der Waals surface area contributed by atoms with Crippen molar-refractivity contribution in [3.8, 4) is 11.8 Å². The molecule has 0 spiro atoms. The predicted molar refractivity (Wildman–Crippen MR) is 112 cm³/mol. The number of hydrogen-bond donors (Lipinski definition) is 2. The molecular weight excluding hydrogens is 402 g/mol. The van der Waals surface area contributed by atoms with Crippen LogP contribution in [0.5, 0.6) is 5.75 Å². The average Bonchev–Trinajstić information content (AvgIpc) is 2.73. The third-order valence-corrected chi connectivity index (χ3v) is 8.63. The molecule has 1 heterocycles. The Bertz CT molecular complexity index is 1130. The molecule has 4 rings (SSSR count). The van der Waals surface area contributed by atoms with Crippen molar-refractivity contribution in [1.29, 1.82) is 5.26 Å². The number of nitriles is 1. The van der Waals surface area contributed by atoms with Crippen LogP contribution in [0.25, 0.3) is 10.8 Å². The summed E-state index contributed by atoms with van der Waals surface area (Å²) >= 11 is 0. The number of aromatic hydroxyl groups is 1. The van der Waals surface area contributed by atoms with Crippen molar-refractivity contribution in [3.63, 3.8) is 0 Å². The van der Waals surface area contributed by atoms with E-state index in [0.717, 1.165) is 38.5 Å². The van der Waals surface area contributed by atoms with Gasteiger partial charge in [-0.3, -0.25) is 4.79 Å². The van der Waals surface area contributed by atoms with E-state index < -0.39 is 21.0 Å². The molecule has 2 aliphatic rings. The molecule has 0 unspecified atom stereocenters. The second-order valence-electron chi connectivity index (χ2n) is 8.29. The Hall–Kier alpha value is -2.66. The van der Waals surface area contributed by atoms with Crippen LogP contribution in [0.1, 0.15) is 67.5 Å². The minimum atomic E-state index is -3.53. The summed E-state index contributed by atoms with van der Waals surface area (Å²) in [6.07, 6.45) is 7.39. The maximum absolute atomic E-state index is 13.0.